The smallest absolute Gasteiger partial charge is 0.231 e. The number of nitrogens with zero attached hydrogens (tertiary/aromatic N) is 3. The van der Waals surface area contributed by atoms with Gasteiger partial charge in [-0.2, -0.15) is 0 Å². The summed E-state index contributed by atoms with van der Waals surface area (Å²) in [5.41, 5.74) is 2.33. The first-order valence-electron chi connectivity index (χ1n) is 10.2. The second kappa shape index (κ2) is 8.69. The lowest BCUT2D eigenvalue weighted by Crippen LogP contribution is -2.46. The molecule has 1 aromatic carbocycles. The highest BCUT2D eigenvalue weighted by molar-refractivity contribution is 5.89. The minimum absolute atomic E-state index is 0.0115. The van der Waals surface area contributed by atoms with Gasteiger partial charge in [-0.25, -0.2) is 4.98 Å². The predicted molar refractivity (Wildman–Crippen MR) is 112 cm³/mol. The topological polar surface area (TPSA) is 66.9 Å². The van der Waals surface area contributed by atoms with Gasteiger partial charge < -0.3 is 19.7 Å². The average molecular weight is 396 g/mol. The molecule has 0 unspecified atom stereocenters. The van der Waals surface area contributed by atoms with Crippen molar-refractivity contribution in [2.45, 2.75) is 26.8 Å². The van der Waals surface area contributed by atoms with E-state index >= 15 is 0 Å². The normalized spacial score (nSPS) is 16.3. The zero-order chi connectivity index (χ0) is 20.2. The van der Waals surface area contributed by atoms with Gasteiger partial charge in [0.2, 0.25) is 12.7 Å². The molecular formula is C22H28N4O3. The summed E-state index contributed by atoms with van der Waals surface area (Å²) in [6, 6.07) is 10.1. The van der Waals surface area contributed by atoms with Crippen LogP contribution in [0.25, 0.3) is 0 Å². The average Bonchev–Trinajstić information content (AvgIpc) is 3.16. The highest BCUT2D eigenvalue weighted by Gasteiger charge is 2.19. The maximum absolute atomic E-state index is 11.9. The van der Waals surface area contributed by atoms with Crippen LogP contribution in [0.1, 0.15) is 25.8 Å². The standard InChI is InChI=1S/C22H28N4O3/c1-16(2)11-22(27)24-21-6-4-18(13-23-21)26-9-7-25(8-10-26)14-17-3-5-19-20(12-17)29-15-28-19/h3-6,12-13,16H,7-11,14-15H2,1-2H3,(H,23,24,27). The van der Waals surface area contributed by atoms with Crippen molar-refractivity contribution in [3.05, 3.63) is 42.1 Å². The number of piperazine rings is 1. The third kappa shape index (κ3) is 4.98. The largest absolute Gasteiger partial charge is 0.454 e. The van der Waals surface area contributed by atoms with Gasteiger partial charge in [0, 0.05) is 39.1 Å². The fraction of sp³-hybridized carbons (Fsp3) is 0.455. The second-order valence-corrected chi connectivity index (χ2v) is 8.00. The van der Waals surface area contributed by atoms with E-state index < -0.39 is 0 Å². The van der Waals surface area contributed by atoms with E-state index in [2.05, 4.69) is 32.2 Å². The number of carbonyl (C=O) groups excluding carboxylic acids is 1. The molecule has 154 valence electrons. The van der Waals surface area contributed by atoms with Crippen LogP contribution in [0, 0.1) is 5.92 Å². The van der Waals surface area contributed by atoms with Crippen LogP contribution in [0.4, 0.5) is 11.5 Å². The quantitative estimate of drug-likeness (QED) is 0.809. The van der Waals surface area contributed by atoms with Crippen molar-refractivity contribution in [3.8, 4) is 11.5 Å². The van der Waals surface area contributed by atoms with Gasteiger partial charge in [0.1, 0.15) is 5.82 Å². The Hall–Kier alpha value is -2.80. The van der Waals surface area contributed by atoms with E-state index in [1.165, 1.54) is 5.56 Å². The van der Waals surface area contributed by atoms with Crippen molar-refractivity contribution in [1.82, 2.24) is 9.88 Å². The number of fused-ring (bicyclic) bond motifs is 1. The lowest BCUT2D eigenvalue weighted by molar-refractivity contribution is -0.116. The fourth-order valence-corrected chi connectivity index (χ4v) is 3.67. The number of anilines is 2. The Labute approximate surface area is 171 Å². The molecule has 0 atom stereocenters. The highest BCUT2D eigenvalue weighted by atomic mass is 16.7. The van der Waals surface area contributed by atoms with E-state index in [0.717, 1.165) is 49.9 Å². The minimum atomic E-state index is 0.0115. The Kier molecular flexibility index (Phi) is 5.85. The maximum atomic E-state index is 11.9. The molecular weight excluding hydrogens is 368 g/mol. The molecule has 0 radical (unpaired) electrons. The molecule has 2 aliphatic rings. The summed E-state index contributed by atoms with van der Waals surface area (Å²) >= 11 is 0. The molecule has 29 heavy (non-hydrogen) atoms. The Bertz CT molecular complexity index is 846. The van der Waals surface area contributed by atoms with Crippen LogP contribution in [0.5, 0.6) is 11.5 Å². The van der Waals surface area contributed by atoms with E-state index in [1.54, 1.807) is 0 Å². The Balaban J connectivity index is 1.27. The number of hydrogen-bond acceptors (Lipinski definition) is 6. The first-order chi connectivity index (χ1) is 14.1. The minimum Gasteiger partial charge on any atom is -0.454 e. The molecule has 4 rings (SSSR count). The molecule has 0 spiro atoms. The van der Waals surface area contributed by atoms with E-state index in [9.17, 15) is 4.79 Å². The molecule has 3 heterocycles. The number of hydrogen-bond donors (Lipinski definition) is 1. The molecule has 0 bridgehead atoms. The van der Waals surface area contributed by atoms with Crippen molar-refractivity contribution >= 4 is 17.4 Å². The van der Waals surface area contributed by atoms with E-state index in [4.69, 9.17) is 9.47 Å². The molecule has 1 amide bonds. The molecule has 1 aromatic heterocycles. The van der Waals surface area contributed by atoms with Crippen molar-refractivity contribution in [2.75, 3.05) is 43.2 Å². The molecule has 2 aromatic rings. The Morgan fingerprint density at radius 3 is 2.62 bits per heavy atom. The van der Waals surface area contributed by atoms with Gasteiger partial charge in [0.05, 0.1) is 11.9 Å². The van der Waals surface area contributed by atoms with E-state index in [-0.39, 0.29) is 5.91 Å². The zero-order valence-electron chi connectivity index (χ0n) is 17.1. The molecule has 1 N–H and O–H groups in total. The number of ether oxygens (including phenoxy) is 2. The van der Waals surface area contributed by atoms with E-state index in [1.807, 2.05) is 38.2 Å². The summed E-state index contributed by atoms with van der Waals surface area (Å²) in [5.74, 6) is 2.63. The fourth-order valence-electron chi connectivity index (χ4n) is 3.67. The van der Waals surface area contributed by atoms with Gasteiger partial charge in [0.25, 0.3) is 0 Å². The molecule has 0 aliphatic carbocycles. The number of nitrogens with one attached hydrogen (secondary N) is 1. The number of pyridine rings is 1. The van der Waals surface area contributed by atoms with Gasteiger partial charge >= 0.3 is 0 Å². The van der Waals surface area contributed by atoms with Crippen LogP contribution < -0.4 is 19.7 Å². The third-order valence-electron chi connectivity index (χ3n) is 5.19. The zero-order valence-corrected chi connectivity index (χ0v) is 17.1. The van der Waals surface area contributed by atoms with Crippen LogP contribution in [0.15, 0.2) is 36.5 Å². The van der Waals surface area contributed by atoms with E-state index in [0.29, 0.717) is 24.9 Å². The van der Waals surface area contributed by atoms with Gasteiger partial charge in [-0.05, 0) is 35.7 Å². The van der Waals surface area contributed by atoms with Crippen LogP contribution in [0.2, 0.25) is 0 Å². The molecule has 7 heteroatoms. The number of aromatic nitrogens is 1. The summed E-state index contributed by atoms with van der Waals surface area (Å²) in [5, 5.41) is 2.86. The van der Waals surface area contributed by atoms with Crippen molar-refractivity contribution in [1.29, 1.82) is 0 Å². The third-order valence-corrected chi connectivity index (χ3v) is 5.19. The van der Waals surface area contributed by atoms with Crippen molar-refractivity contribution < 1.29 is 14.3 Å². The Morgan fingerprint density at radius 2 is 1.90 bits per heavy atom. The summed E-state index contributed by atoms with van der Waals surface area (Å²) in [6.07, 6.45) is 2.35. The summed E-state index contributed by atoms with van der Waals surface area (Å²) in [4.78, 5) is 21.1. The van der Waals surface area contributed by atoms with Crippen molar-refractivity contribution in [3.63, 3.8) is 0 Å². The first-order valence-corrected chi connectivity index (χ1v) is 10.2. The molecule has 1 saturated heterocycles. The second-order valence-electron chi connectivity index (χ2n) is 8.00. The number of amides is 1. The first kappa shape index (κ1) is 19.5. The number of carbonyl (C=O) groups is 1. The lowest BCUT2D eigenvalue weighted by Gasteiger charge is -2.36. The molecule has 1 fully saturated rings. The lowest BCUT2D eigenvalue weighted by atomic mass is 10.1. The van der Waals surface area contributed by atoms with Crippen LogP contribution in [-0.2, 0) is 11.3 Å². The van der Waals surface area contributed by atoms with Crippen molar-refractivity contribution in [2.24, 2.45) is 5.92 Å². The van der Waals surface area contributed by atoms with Crippen LogP contribution in [-0.4, -0.2) is 48.8 Å². The summed E-state index contributed by atoms with van der Waals surface area (Å²) in [6.45, 7) is 9.15. The molecule has 0 saturated carbocycles. The Morgan fingerprint density at radius 1 is 1.10 bits per heavy atom. The predicted octanol–water partition coefficient (Wildman–Crippen LogP) is 3.12. The summed E-state index contributed by atoms with van der Waals surface area (Å²) < 4.78 is 10.9. The van der Waals surface area contributed by atoms with Gasteiger partial charge in [-0.3, -0.25) is 9.69 Å². The maximum Gasteiger partial charge on any atom is 0.231 e. The molecule has 2 aliphatic heterocycles. The van der Waals surface area contributed by atoms with Gasteiger partial charge in [-0.15, -0.1) is 0 Å². The van der Waals surface area contributed by atoms with Gasteiger partial charge in [-0.1, -0.05) is 19.9 Å². The number of benzene rings is 1. The van der Waals surface area contributed by atoms with Gasteiger partial charge in [0.15, 0.2) is 11.5 Å². The highest BCUT2D eigenvalue weighted by Crippen LogP contribution is 2.33. The monoisotopic (exact) mass is 396 g/mol. The summed E-state index contributed by atoms with van der Waals surface area (Å²) in [7, 11) is 0. The number of rotatable bonds is 6. The SMILES string of the molecule is CC(C)CC(=O)Nc1ccc(N2CCN(Cc3ccc4c(c3)OCO4)CC2)cn1. The van der Waals surface area contributed by atoms with Crippen LogP contribution in [0.3, 0.4) is 0 Å². The molecule has 7 nitrogen and oxygen atoms in total. The van der Waals surface area contributed by atoms with Crippen LogP contribution >= 0.6 is 0 Å².